The van der Waals surface area contributed by atoms with Crippen molar-refractivity contribution in [1.29, 1.82) is 0 Å². The summed E-state index contributed by atoms with van der Waals surface area (Å²) >= 11 is 1.38. The van der Waals surface area contributed by atoms with E-state index in [9.17, 15) is 14.0 Å². The van der Waals surface area contributed by atoms with E-state index in [0.717, 1.165) is 5.56 Å². The molecule has 3 heterocycles. The van der Waals surface area contributed by atoms with E-state index in [1.165, 1.54) is 23.5 Å². The van der Waals surface area contributed by atoms with E-state index < -0.39 is 0 Å². The molecule has 1 N–H and O–H groups in total. The highest BCUT2D eigenvalue weighted by Gasteiger charge is 2.23. The van der Waals surface area contributed by atoms with E-state index in [0.29, 0.717) is 42.4 Å². The van der Waals surface area contributed by atoms with Crippen LogP contribution in [-0.4, -0.2) is 45.7 Å². The number of carbonyl (C=O) groups is 2. The number of halogens is 1. The van der Waals surface area contributed by atoms with Crippen LogP contribution in [0.25, 0.3) is 16.2 Å². The first kappa shape index (κ1) is 15.8. The summed E-state index contributed by atoms with van der Waals surface area (Å²) in [5, 5.41) is 4.54. The van der Waals surface area contributed by atoms with E-state index in [4.69, 9.17) is 0 Å². The van der Waals surface area contributed by atoms with Crippen molar-refractivity contribution < 1.29 is 14.0 Å². The monoisotopic (exact) mass is 358 g/mol. The van der Waals surface area contributed by atoms with E-state index in [2.05, 4.69) is 10.3 Å². The molecule has 1 aromatic carbocycles. The lowest BCUT2D eigenvalue weighted by atomic mass is 10.2. The van der Waals surface area contributed by atoms with Crippen LogP contribution >= 0.6 is 11.3 Å². The SMILES string of the molecule is O=C1CCN(C(=O)c2csc3nc(-c4ccc(F)cc4)cn23)CCN1. The minimum Gasteiger partial charge on any atom is -0.354 e. The lowest BCUT2D eigenvalue weighted by molar-refractivity contribution is -0.120. The van der Waals surface area contributed by atoms with Crippen molar-refractivity contribution in [1.82, 2.24) is 19.6 Å². The molecule has 0 bridgehead atoms. The Balaban J connectivity index is 1.65. The van der Waals surface area contributed by atoms with Crippen molar-refractivity contribution in [2.24, 2.45) is 0 Å². The zero-order valence-electron chi connectivity index (χ0n) is 13.2. The van der Waals surface area contributed by atoms with Gasteiger partial charge in [-0.25, -0.2) is 9.37 Å². The van der Waals surface area contributed by atoms with Crippen LogP contribution in [0.15, 0.2) is 35.8 Å². The molecular weight excluding hydrogens is 343 g/mol. The summed E-state index contributed by atoms with van der Waals surface area (Å²) in [4.78, 5) is 31.2. The Kier molecular flexibility index (Phi) is 3.96. The van der Waals surface area contributed by atoms with E-state index >= 15 is 0 Å². The fourth-order valence-corrected chi connectivity index (χ4v) is 3.68. The molecule has 128 valence electrons. The van der Waals surface area contributed by atoms with Gasteiger partial charge in [0.05, 0.1) is 5.69 Å². The van der Waals surface area contributed by atoms with Crippen molar-refractivity contribution >= 4 is 28.1 Å². The van der Waals surface area contributed by atoms with E-state index in [1.807, 2.05) is 0 Å². The number of benzene rings is 1. The predicted molar refractivity (Wildman–Crippen MR) is 92.0 cm³/mol. The van der Waals surface area contributed by atoms with Gasteiger partial charge in [0.15, 0.2) is 4.96 Å². The molecular formula is C17H15FN4O2S. The number of imidazole rings is 1. The lowest BCUT2D eigenvalue weighted by Gasteiger charge is -2.18. The predicted octanol–water partition coefficient (Wildman–Crippen LogP) is 2.16. The van der Waals surface area contributed by atoms with Crippen LogP contribution in [0.4, 0.5) is 4.39 Å². The molecule has 0 radical (unpaired) electrons. The van der Waals surface area contributed by atoms with Gasteiger partial charge < -0.3 is 10.2 Å². The van der Waals surface area contributed by atoms with Gasteiger partial charge in [-0.2, -0.15) is 0 Å². The number of amides is 2. The quantitative estimate of drug-likeness (QED) is 0.763. The molecule has 25 heavy (non-hydrogen) atoms. The van der Waals surface area contributed by atoms with Gasteiger partial charge in [0.2, 0.25) is 5.91 Å². The number of fused-ring (bicyclic) bond motifs is 1. The van der Waals surface area contributed by atoms with Crippen LogP contribution < -0.4 is 5.32 Å². The smallest absolute Gasteiger partial charge is 0.271 e. The average Bonchev–Trinajstić information content (AvgIpc) is 3.11. The molecule has 3 aromatic rings. The first-order valence-electron chi connectivity index (χ1n) is 7.90. The van der Waals surface area contributed by atoms with E-state index in [-0.39, 0.29) is 17.6 Å². The molecule has 0 unspecified atom stereocenters. The van der Waals surface area contributed by atoms with Gasteiger partial charge in [0, 0.05) is 43.2 Å². The summed E-state index contributed by atoms with van der Waals surface area (Å²) in [5.41, 5.74) is 2.00. The summed E-state index contributed by atoms with van der Waals surface area (Å²) in [6.45, 7) is 1.35. The molecule has 0 spiro atoms. The van der Waals surface area contributed by atoms with Gasteiger partial charge in [-0.15, -0.1) is 11.3 Å². The highest BCUT2D eigenvalue weighted by atomic mass is 32.1. The second-order valence-electron chi connectivity index (χ2n) is 5.80. The first-order valence-corrected chi connectivity index (χ1v) is 8.78. The Bertz CT molecular complexity index is 947. The molecule has 1 saturated heterocycles. The Hall–Kier alpha value is -2.74. The average molecular weight is 358 g/mol. The Morgan fingerprint density at radius 2 is 2.04 bits per heavy atom. The minimum absolute atomic E-state index is 0.0352. The van der Waals surface area contributed by atoms with Gasteiger partial charge in [-0.05, 0) is 24.3 Å². The molecule has 1 fully saturated rings. The van der Waals surface area contributed by atoms with Crippen LogP contribution in [0.3, 0.4) is 0 Å². The fourth-order valence-electron chi connectivity index (χ4n) is 2.83. The van der Waals surface area contributed by atoms with Crippen LogP contribution in [0, 0.1) is 5.82 Å². The van der Waals surface area contributed by atoms with Crippen molar-refractivity contribution in [3.05, 3.63) is 47.4 Å². The Labute approximate surface area is 146 Å². The van der Waals surface area contributed by atoms with Crippen LogP contribution in [0.1, 0.15) is 16.9 Å². The summed E-state index contributed by atoms with van der Waals surface area (Å²) in [6, 6.07) is 6.09. The number of nitrogens with one attached hydrogen (secondary N) is 1. The third kappa shape index (κ3) is 3.00. The zero-order chi connectivity index (χ0) is 17.4. The maximum absolute atomic E-state index is 13.1. The first-order chi connectivity index (χ1) is 12.1. The highest BCUT2D eigenvalue weighted by molar-refractivity contribution is 7.15. The van der Waals surface area contributed by atoms with Gasteiger partial charge in [-0.3, -0.25) is 14.0 Å². The third-order valence-electron chi connectivity index (χ3n) is 4.17. The van der Waals surface area contributed by atoms with Gasteiger partial charge in [0.1, 0.15) is 11.5 Å². The maximum atomic E-state index is 13.1. The molecule has 0 aliphatic carbocycles. The molecule has 4 rings (SSSR count). The summed E-state index contributed by atoms with van der Waals surface area (Å²) in [6.07, 6.45) is 2.09. The van der Waals surface area contributed by atoms with Gasteiger partial charge in [-0.1, -0.05) is 0 Å². The second-order valence-corrected chi connectivity index (χ2v) is 6.64. The van der Waals surface area contributed by atoms with Crippen molar-refractivity contribution in [2.75, 3.05) is 19.6 Å². The molecule has 0 atom stereocenters. The molecule has 6 nitrogen and oxygen atoms in total. The molecule has 1 aliphatic rings. The highest BCUT2D eigenvalue weighted by Crippen LogP contribution is 2.24. The zero-order valence-corrected chi connectivity index (χ0v) is 14.1. The second kappa shape index (κ2) is 6.29. The molecule has 8 heteroatoms. The number of hydrogen-bond donors (Lipinski definition) is 1. The van der Waals surface area contributed by atoms with Crippen molar-refractivity contribution in [3.8, 4) is 11.3 Å². The van der Waals surface area contributed by atoms with Crippen LogP contribution in [-0.2, 0) is 4.79 Å². The summed E-state index contributed by atoms with van der Waals surface area (Å²) in [5.74, 6) is -0.456. The van der Waals surface area contributed by atoms with E-state index in [1.54, 1.807) is 33.0 Å². The third-order valence-corrected chi connectivity index (χ3v) is 5.01. The van der Waals surface area contributed by atoms with Gasteiger partial charge >= 0.3 is 0 Å². The lowest BCUT2D eigenvalue weighted by Crippen LogP contribution is -2.34. The number of nitrogens with zero attached hydrogens (tertiary/aromatic N) is 3. The van der Waals surface area contributed by atoms with Crippen molar-refractivity contribution in [3.63, 3.8) is 0 Å². The van der Waals surface area contributed by atoms with Crippen molar-refractivity contribution in [2.45, 2.75) is 6.42 Å². The van der Waals surface area contributed by atoms with Crippen LogP contribution in [0.5, 0.6) is 0 Å². The fraction of sp³-hybridized carbons (Fsp3) is 0.235. The largest absolute Gasteiger partial charge is 0.354 e. The normalized spacial score (nSPS) is 15.2. The number of aromatic nitrogens is 2. The number of carbonyl (C=O) groups excluding carboxylic acids is 2. The van der Waals surface area contributed by atoms with Crippen LogP contribution in [0.2, 0.25) is 0 Å². The molecule has 2 amide bonds. The summed E-state index contributed by atoms with van der Waals surface area (Å²) in [7, 11) is 0. The Morgan fingerprint density at radius 3 is 2.84 bits per heavy atom. The number of thiazole rings is 1. The maximum Gasteiger partial charge on any atom is 0.271 e. The van der Waals surface area contributed by atoms with Gasteiger partial charge in [0.25, 0.3) is 5.91 Å². The standard InChI is InChI=1S/C17H15FN4O2S/c18-12-3-1-11(2-4-12)13-9-22-14(10-25-17(22)20-13)16(24)21-7-5-15(23)19-6-8-21/h1-4,9-10H,5-8H2,(H,19,23). The minimum atomic E-state index is -0.301. The summed E-state index contributed by atoms with van der Waals surface area (Å²) < 4.78 is 14.8. The Morgan fingerprint density at radius 1 is 1.24 bits per heavy atom. The number of hydrogen-bond acceptors (Lipinski definition) is 4. The molecule has 2 aromatic heterocycles. The molecule has 1 aliphatic heterocycles. The topological polar surface area (TPSA) is 66.7 Å². The molecule has 0 saturated carbocycles. The number of rotatable bonds is 2.